The molecule has 1 aromatic carbocycles. The number of hydrogen-bond acceptors (Lipinski definition) is 4. The first kappa shape index (κ1) is 11.1. The van der Waals surface area contributed by atoms with Gasteiger partial charge in [0.1, 0.15) is 13.1 Å². The second-order valence-corrected chi connectivity index (χ2v) is 3.75. The van der Waals surface area contributed by atoms with Gasteiger partial charge >= 0.3 is 0 Å². The lowest BCUT2D eigenvalue weighted by Crippen LogP contribution is -2.53. The van der Waals surface area contributed by atoms with Crippen LogP contribution in [0.4, 0.5) is 5.69 Å². The number of nitrogen functional groups attached to an aromatic ring is 1. The fourth-order valence-corrected chi connectivity index (χ4v) is 1.59. The number of carbonyl (C=O) groups is 3. The predicted octanol–water partition coefficient (Wildman–Crippen LogP) is -0.633. The van der Waals surface area contributed by atoms with Gasteiger partial charge in [0.15, 0.2) is 0 Å². The molecular weight excluding hydrogens is 222 g/mol. The van der Waals surface area contributed by atoms with Crippen LogP contribution in [-0.4, -0.2) is 35.7 Å². The van der Waals surface area contributed by atoms with Crippen LogP contribution in [0.1, 0.15) is 10.4 Å². The summed E-state index contributed by atoms with van der Waals surface area (Å²) in [6.45, 7) is -0.204. The molecule has 0 spiro atoms. The highest BCUT2D eigenvalue weighted by Gasteiger charge is 2.26. The zero-order valence-electron chi connectivity index (χ0n) is 8.97. The normalized spacial score (nSPS) is 15.6. The summed E-state index contributed by atoms with van der Waals surface area (Å²) in [7, 11) is 0. The van der Waals surface area contributed by atoms with E-state index in [1.807, 2.05) is 0 Å². The van der Waals surface area contributed by atoms with Crippen molar-refractivity contribution >= 4 is 23.4 Å². The van der Waals surface area contributed by atoms with Crippen molar-refractivity contribution in [3.63, 3.8) is 0 Å². The molecule has 1 aliphatic heterocycles. The minimum absolute atomic E-state index is 0.102. The Bertz CT molecular complexity index is 465. The molecule has 1 fully saturated rings. The Kier molecular flexibility index (Phi) is 2.78. The molecule has 0 unspecified atom stereocenters. The van der Waals surface area contributed by atoms with Gasteiger partial charge in [-0.2, -0.15) is 0 Å². The third kappa shape index (κ3) is 2.41. The van der Waals surface area contributed by atoms with Gasteiger partial charge in [-0.3, -0.25) is 19.7 Å². The number of nitrogens with one attached hydrogen (secondary N) is 1. The van der Waals surface area contributed by atoms with Crippen LogP contribution in [0.3, 0.4) is 0 Å². The van der Waals surface area contributed by atoms with Crippen molar-refractivity contribution in [2.24, 2.45) is 0 Å². The van der Waals surface area contributed by atoms with Crippen LogP contribution >= 0.6 is 0 Å². The smallest absolute Gasteiger partial charge is 0.254 e. The highest BCUT2D eigenvalue weighted by Crippen LogP contribution is 2.09. The predicted molar refractivity (Wildman–Crippen MR) is 59.9 cm³/mol. The maximum Gasteiger partial charge on any atom is 0.254 e. The molecule has 6 nitrogen and oxygen atoms in total. The number of imide groups is 1. The average Bonchev–Trinajstić information content (AvgIpc) is 2.28. The highest BCUT2D eigenvalue weighted by atomic mass is 16.2. The molecule has 0 aliphatic carbocycles. The summed E-state index contributed by atoms with van der Waals surface area (Å²) in [6, 6.07) is 6.32. The summed E-state index contributed by atoms with van der Waals surface area (Å²) >= 11 is 0. The number of benzene rings is 1. The summed E-state index contributed by atoms with van der Waals surface area (Å²) in [5.74, 6) is -1.29. The Balaban J connectivity index is 2.17. The lowest BCUT2D eigenvalue weighted by Gasteiger charge is -2.25. The molecule has 88 valence electrons. The van der Waals surface area contributed by atoms with E-state index in [4.69, 9.17) is 5.73 Å². The van der Waals surface area contributed by atoms with Gasteiger partial charge in [0, 0.05) is 11.3 Å². The number of nitrogens with zero attached hydrogens (tertiary/aromatic N) is 1. The van der Waals surface area contributed by atoms with Crippen molar-refractivity contribution in [2.75, 3.05) is 18.8 Å². The van der Waals surface area contributed by atoms with Crippen LogP contribution in [0.25, 0.3) is 0 Å². The Morgan fingerprint density at radius 1 is 1.12 bits per heavy atom. The number of amides is 3. The van der Waals surface area contributed by atoms with E-state index in [0.29, 0.717) is 11.3 Å². The molecule has 6 heteroatoms. The molecule has 0 radical (unpaired) electrons. The number of carbonyl (C=O) groups excluding carboxylic acids is 3. The topological polar surface area (TPSA) is 92.5 Å². The Hall–Kier alpha value is -2.37. The summed E-state index contributed by atoms with van der Waals surface area (Å²) < 4.78 is 0. The minimum atomic E-state index is -0.468. The van der Waals surface area contributed by atoms with Crippen LogP contribution in [0.5, 0.6) is 0 Å². The maximum absolute atomic E-state index is 12.0. The Morgan fingerprint density at radius 2 is 1.65 bits per heavy atom. The van der Waals surface area contributed by atoms with Crippen LogP contribution in [0.15, 0.2) is 24.3 Å². The molecule has 1 heterocycles. The second kappa shape index (κ2) is 4.25. The van der Waals surface area contributed by atoms with Crippen LogP contribution in [0, 0.1) is 0 Å². The molecule has 0 aromatic heterocycles. The number of nitrogens with two attached hydrogens (primary N) is 1. The first-order valence-corrected chi connectivity index (χ1v) is 5.04. The standard InChI is InChI=1S/C11H11N3O3/c12-8-3-1-7(2-4-8)11(17)14-5-9(15)13-10(16)6-14/h1-4H,5-6,12H2,(H,13,15,16). The molecule has 17 heavy (non-hydrogen) atoms. The molecule has 0 bridgehead atoms. The monoisotopic (exact) mass is 233 g/mol. The molecule has 0 atom stereocenters. The van der Waals surface area contributed by atoms with Crippen molar-refractivity contribution in [1.82, 2.24) is 10.2 Å². The SMILES string of the molecule is Nc1ccc(C(=O)N2CC(=O)NC(=O)C2)cc1. The van der Waals surface area contributed by atoms with Crippen molar-refractivity contribution in [3.8, 4) is 0 Å². The van der Waals surface area contributed by atoms with E-state index in [2.05, 4.69) is 5.32 Å². The van der Waals surface area contributed by atoms with E-state index < -0.39 is 11.8 Å². The maximum atomic E-state index is 12.0. The van der Waals surface area contributed by atoms with Crippen molar-refractivity contribution < 1.29 is 14.4 Å². The molecule has 1 saturated heterocycles. The van der Waals surface area contributed by atoms with Gasteiger partial charge in [0.05, 0.1) is 0 Å². The Labute approximate surface area is 97.4 Å². The summed E-state index contributed by atoms with van der Waals surface area (Å²) in [4.78, 5) is 35.4. The molecular formula is C11H11N3O3. The molecule has 1 aliphatic rings. The number of piperazine rings is 1. The third-order valence-electron chi connectivity index (χ3n) is 2.39. The van der Waals surface area contributed by atoms with Gasteiger partial charge in [-0.15, -0.1) is 0 Å². The third-order valence-corrected chi connectivity index (χ3v) is 2.39. The quantitative estimate of drug-likeness (QED) is 0.499. The van der Waals surface area contributed by atoms with Gasteiger partial charge in [-0.1, -0.05) is 0 Å². The largest absolute Gasteiger partial charge is 0.399 e. The van der Waals surface area contributed by atoms with Crippen molar-refractivity contribution in [2.45, 2.75) is 0 Å². The van der Waals surface area contributed by atoms with Gasteiger partial charge < -0.3 is 10.6 Å². The molecule has 2 rings (SSSR count). The van der Waals surface area contributed by atoms with Gasteiger partial charge in [-0.05, 0) is 24.3 Å². The lowest BCUT2D eigenvalue weighted by atomic mass is 10.1. The summed E-state index contributed by atoms with van der Waals surface area (Å²) in [5, 5.41) is 2.13. The molecule has 3 N–H and O–H groups in total. The second-order valence-electron chi connectivity index (χ2n) is 3.75. The fraction of sp³-hybridized carbons (Fsp3) is 0.182. The van der Waals surface area contributed by atoms with E-state index >= 15 is 0 Å². The summed E-state index contributed by atoms with van der Waals surface area (Å²) in [5.41, 5.74) is 6.46. The first-order chi connectivity index (χ1) is 8.06. The van der Waals surface area contributed by atoms with E-state index in [1.165, 1.54) is 4.90 Å². The van der Waals surface area contributed by atoms with Gasteiger partial charge in [0.2, 0.25) is 11.8 Å². The molecule has 3 amide bonds. The van der Waals surface area contributed by atoms with Crippen molar-refractivity contribution in [1.29, 1.82) is 0 Å². The van der Waals surface area contributed by atoms with E-state index in [1.54, 1.807) is 24.3 Å². The fourth-order valence-electron chi connectivity index (χ4n) is 1.59. The lowest BCUT2D eigenvalue weighted by molar-refractivity contribution is -0.135. The van der Waals surface area contributed by atoms with E-state index in [-0.39, 0.29) is 19.0 Å². The van der Waals surface area contributed by atoms with Crippen molar-refractivity contribution in [3.05, 3.63) is 29.8 Å². The zero-order valence-corrected chi connectivity index (χ0v) is 8.97. The van der Waals surface area contributed by atoms with Crippen LogP contribution in [-0.2, 0) is 9.59 Å². The van der Waals surface area contributed by atoms with Gasteiger partial charge in [-0.25, -0.2) is 0 Å². The Morgan fingerprint density at radius 3 is 2.18 bits per heavy atom. The molecule has 1 aromatic rings. The average molecular weight is 233 g/mol. The van der Waals surface area contributed by atoms with Gasteiger partial charge in [0.25, 0.3) is 5.91 Å². The molecule has 0 saturated carbocycles. The summed E-state index contributed by atoms with van der Waals surface area (Å²) in [6.07, 6.45) is 0. The zero-order chi connectivity index (χ0) is 12.4. The number of hydrogen-bond donors (Lipinski definition) is 2. The number of anilines is 1. The van der Waals surface area contributed by atoms with E-state index in [0.717, 1.165) is 0 Å². The first-order valence-electron chi connectivity index (χ1n) is 5.04. The highest BCUT2D eigenvalue weighted by molar-refractivity contribution is 6.05. The van der Waals surface area contributed by atoms with Crippen LogP contribution in [0.2, 0.25) is 0 Å². The van der Waals surface area contributed by atoms with Crippen LogP contribution < -0.4 is 11.1 Å². The van der Waals surface area contributed by atoms with E-state index in [9.17, 15) is 14.4 Å². The number of rotatable bonds is 1. The minimum Gasteiger partial charge on any atom is -0.399 e.